The molecule has 0 spiro atoms. The van der Waals surface area contributed by atoms with Crippen LogP contribution in [0.15, 0.2) is 194 Å². The Morgan fingerprint density at radius 2 is 0.695 bits per heavy atom. The maximum absolute atomic E-state index is 6.73. The molecule has 0 aliphatic heterocycles. The molecule has 0 unspecified atom stereocenters. The van der Waals surface area contributed by atoms with E-state index in [9.17, 15) is 0 Å². The van der Waals surface area contributed by atoms with Gasteiger partial charge in [-0.3, -0.25) is 0 Å². The molecule has 0 bridgehead atoms. The Morgan fingerprint density at radius 3 is 1.24 bits per heavy atom. The molecule has 0 saturated carbocycles. The van der Waals surface area contributed by atoms with Crippen LogP contribution < -0.4 is 11.5 Å². The van der Waals surface area contributed by atoms with Crippen molar-refractivity contribution >= 4 is 54.7 Å². The van der Waals surface area contributed by atoms with E-state index in [0.29, 0.717) is 28.8 Å². The highest BCUT2D eigenvalue weighted by Gasteiger charge is 2.18. The second kappa shape index (κ2) is 13.8. The molecule has 11 rings (SSSR count). The standard InChI is InChI=1S/C53H36N6/c54-49-43-17-8-7-15-41(43)44-31-45-42-16-9-10-18-47(42)59(48(45)32-46(44)50(49)55)40-29-27-36(28-30-40)34-21-19-33(20-22-34)35-23-25-39(26-24-35)53-57-51(37-11-3-1-4-12-37)56-52(58-53)38-13-5-2-6-14-38/h1-32H,54-55H2. The Balaban J connectivity index is 0.903. The van der Waals surface area contributed by atoms with Crippen molar-refractivity contribution in [2.24, 2.45) is 0 Å². The zero-order valence-corrected chi connectivity index (χ0v) is 31.9. The molecule has 6 heteroatoms. The van der Waals surface area contributed by atoms with Gasteiger partial charge in [-0.15, -0.1) is 0 Å². The SMILES string of the molecule is Nc1c(N)c2cc3c(cc2c2ccccc12)c1ccccc1n3-c1ccc(-c2ccc(-c3ccc(-c4nc(-c5ccccc5)nc(-c5ccccc5)n4)cc3)cc2)cc1. The fourth-order valence-electron chi connectivity index (χ4n) is 8.39. The number of rotatable bonds is 6. The van der Waals surface area contributed by atoms with E-state index in [1.807, 2.05) is 72.8 Å². The average molecular weight is 757 g/mol. The zero-order chi connectivity index (χ0) is 39.5. The van der Waals surface area contributed by atoms with E-state index >= 15 is 0 Å². The lowest BCUT2D eigenvalue weighted by Gasteiger charge is -2.13. The van der Waals surface area contributed by atoms with Gasteiger partial charge < -0.3 is 16.0 Å². The van der Waals surface area contributed by atoms with Crippen molar-refractivity contribution in [1.82, 2.24) is 19.5 Å². The van der Waals surface area contributed by atoms with Gasteiger partial charge in [-0.2, -0.15) is 0 Å². The first-order chi connectivity index (χ1) is 29.1. The number of nitrogens with zero attached hydrogens (tertiary/aromatic N) is 4. The van der Waals surface area contributed by atoms with Gasteiger partial charge in [-0.25, -0.2) is 15.0 Å². The van der Waals surface area contributed by atoms with E-state index in [4.69, 9.17) is 26.4 Å². The van der Waals surface area contributed by atoms with Crippen LogP contribution in [0.3, 0.4) is 0 Å². The number of fused-ring (bicyclic) bond motifs is 6. The number of anilines is 2. The van der Waals surface area contributed by atoms with Crippen molar-refractivity contribution in [3.05, 3.63) is 194 Å². The smallest absolute Gasteiger partial charge is 0.164 e. The number of aromatic nitrogens is 4. The molecule has 0 aliphatic carbocycles. The lowest BCUT2D eigenvalue weighted by Crippen LogP contribution is -2.00. The van der Waals surface area contributed by atoms with Crippen molar-refractivity contribution < 1.29 is 0 Å². The summed E-state index contributed by atoms with van der Waals surface area (Å²) in [5.74, 6) is 1.94. The van der Waals surface area contributed by atoms with Gasteiger partial charge in [0.05, 0.1) is 22.4 Å². The second-order valence-electron chi connectivity index (χ2n) is 14.9. The molecule has 0 fully saturated rings. The first-order valence-electron chi connectivity index (χ1n) is 19.7. The summed E-state index contributed by atoms with van der Waals surface area (Å²) in [6.45, 7) is 0. The first-order valence-corrected chi connectivity index (χ1v) is 19.7. The maximum atomic E-state index is 6.73. The largest absolute Gasteiger partial charge is 0.397 e. The molecule has 0 amide bonds. The Bertz CT molecular complexity index is 3300. The molecular formula is C53H36N6. The summed E-state index contributed by atoms with van der Waals surface area (Å²) in [5.41, 5.74) is 25.2. The van der Waals surface area contributed by atoms with Crippen molar-refractivity contribution in [2.45, 2.75) is 0 Å². The molecule has 0 saturated heterocycles. The molecule has 59 heavy (non-hydrogen) atoms. The summed E-state index contributed by atoms with van der Waals surface area (Å²) in [7, 11) is 0. The van der Waals surface area contributed by atoms with Crippen LogP contribution in [-0.2, 0) is 0 Å². The molecule has 278 valence electrons. The first kappa shape index (κ1) is 34.2. The van der Waals surface area contributed by atoms with Crippen LogP contribution >= 0.6 is 0 Å². The highest BCUT2D eigenvalue weighted by atomic mass is 15.0. The summed E-state index contributed by atoms with van der Waals surface area (Å²) < 4.78 is 2.33. The topological polar surface area (TPSA) is 95.6 Å². The van der Waals surface area contributed by atoms with Gasteiger partial charge in [0.2, 0.25) is 0 Å². The van der Waals surface area contributed by atoms with Crippen LogP contribution in [0.1, 0.15) is 0 Å². The van der Waals surface area contributed by atoms with Gasteiger partial charge >= 0.3 is 0 Å². The van der Waals surface area contributed by atoms with Crippen molar-refractivity contribution in [2.75, 3.05) is 11.5 Å². The molecule has 0 atom stereocenters. The normalized spacial score (nSPS) is 11.5. The Hall–Kier alpha value is -8.09. The van der Waals surface area contributed by atoms with Gasteiger partial charge in [0.15, 0.2) is 17.5 Å². The van der Waals surface area contributed by atoms with E-state index < -0.39 is 0 Å². The Labute approximate surface area is 340 Å². The van der Waals surface area contributed by atoms with Gasteiger partial charge in [-0.05, 0) is 63.4 Å². The van der Waals surface area contributed by atoms with Crippen LogP contribution in [0.2, 0.25) is 0 Å². The fraction of sp³-hybridized carbons (Fsp3) is 0. The number of para-hydroxylation sites is 1. The Morgan fingerprint density at radius 1 is 0.288 bits per heavy atom. The monoisotopic (exact) mass is 756 g/mol. The van der Waals surface area contributed by atoms with Gasteiger partial charge in [-0.1, -0.05) is 164 Å². The molecule has 0 radical (unpaired) electrons. The summed E-state index contributed by atoms with van der Waals surface area (Å²) in [4.78, 5) is 14.6. The zero-order valence-electron chi connectivity index (χ0n) is 31.9. The summed E-state index contributed by atoms with van der Waals surface area (Å²) >= 11 is 0. The molecule has 6 nitrogen and oxygen atoms in total. The van der Waals surface area contributed by atoms with Crippen LogP contribution in [0.5, 0.6) is 0 Å². The molecule has 2 aromatic heterocycles. The molecule has 4 N–H and O–H groups in total. The third-order valence-corrected chi connectivity index (χ3v) is 11.4. The van der Waals surface area contributed by atoms with Gasteiger partial charge in [0, 0.05) is 43.9 Å². The lowest BCUT2D eigenvalue weighted by atomic mass is 9.96. The van der Waals surface area contributed by atoms with E-state index in [1.54, 1.807) is 0 Å². The minimum absolute atomic E-state index is 0.616. The number of hydrogen-bond acceptors (Lipinski definition) is 5. The minimum Gasteiger partial charge on any atom is -0.397 e. The van der Waals surface area contributed by atoms with E-state index in [0.717, 1.165) is 77.2 Å². The number of nitrogens with two attached hydrogens (primary N) is 2. The van der Waals surface area contributed by atoms with Crippen molar-refractivity contribution in [3.8, 4) is 62.1 Å². The van der Waals surface area contributed by atoms with E-state index in [2.05, 4.69) is 126 Å². The maximum Gasteiger partial charge on any atom is 0.164 e. The summed E-state index contributed by atoms with van der Waals surface area (Å²) in [5, 5.41) is 6.53. The number of hydrogen-bond donors (Lipinski definition) is 2. The summed E-state index contributed by atoms with van der Waals surface area (Å²) in [6.07, 6.45) is 0. The molecule has 9 aromatic carbocycles. The second-order valence-corrected chi connectivity index (χ2v) is 14.9. The Kier molecular flexibility index (Phi) is 8.01. The molecule has 2 heterocycles. The number of nitrogen functional groups attached to an aromatic ring is 2. The highest BCUT2D eigenvalue weighted by molar-refractivity contribution is 6.24. The summed E-state index contributed by atoms with van der Waals surface area (Å²) in [6, 6.07) is 67.4. The number of benzene rings is 9. The average Bonchev–Trinajstić information content (AvgIpc) is 3.64. The molecular weight excluding hydrogens is 721 g/mol. The van der Waals surface area contributed by atoms with Crippen LogP contribution in [0, 0.1) is 0 Å². The van der Waals surface area contributed by atoms with Crippen molar-refractivity contribution in [1.29, 1.82) is 0 Å². The van der Waals surface area contributed by atoms with E-state index in [-0.39, 0.29) is 0 Å². The highest BCUT2D eigenvalue weighted by Crippen LogP contribution is 2.42. The van der Waals surface area contributed by atoms with E-state index in [1.165, 1.54) is 10.8 Å². The predicted molar refractivity (Wildman–Crippen MR) is 245 cm³/mol. The quantitative estimate of drug-likeness (QED) is 0.100. The van der Waals surface area contributed by atoms with Crippen LogP contribution in [-0.4, -0.2) is 19.5 Å². The third kappa shape index (κ3) is 5.85. The van der Waals surface area contributed by atoms with Gasteiger partial charge in [0.1, 0.15) is 0 Å². The predicted octanol–water partition coefficient (Wildman–Crippen LogP) is 12.8. The minimum atomic E-state index is 0.616. The molecule has 0 aliphatic rings. The van der Waals surface area contributed by atoms with Crippen LogP contribution in [0.25, 0.3) is 105 Å². The molecule has 11 aromatic rings. The third-order valence-electron chi connectivity index (χ3n) is 11.4. The van der Waals surface area contributed by atoms with Crippen molar-refractivity contribution in [3.63, 3.8) is 0 Å². The van der Waals surface area contributed by atoms with Gasteiger partial charge in [0.25, 0.3) is 0 Å². The lowest BCUT2D eigenvalue weighted by molar-refractivity contribution is 1.07. The fourth-order valence-corrected chi connectivity index (χ4v) is 8.39. The van der Waals surface area contributed by atoms with Crippen LogP contribution in [0.4, 0.5) is 11.4 Å².